The number of cyclic esters (lactones) is 1. The van der Waals surface area contributed by atoms with Crippen LogP contribution in [-0.4, -0.2) is 23.7 Å². The highest BCUT2D eigenvalue weighted by Gasteiger charge is 2.79. The second-order valence-electron chi connectivity index (χ2n) is 4.27. The molecule has 3 rings (SSSR count). The monoisotopic (exact) mass is 218 g/mol. The second kappa shape index (κ2) is 2.84. The van der Waals surface area contributed by atoms with Crippen LogP contribution in [0, 0.1) is 11.3 Å². The number of esters is 1. The largest absolute Gasteiger partial charge is 0.480 e. The molecule has 0 bridgehead atoms. The predicted octanol–water partition coefficient (Wildman–Crippen LogP) is 1.03. The van der Waals surface area contributed by atoms with E-state index in [2.05, 4.69) is 0 Å². The number of rotatable bonds is 2. The first-order chi connectivity index (χ1) is 7.69. The van der Waals surface area contributed by atoms with Crippen molar-refractivity contribution < 1.29 is 19.4 Å². The smallest absolute Gasteiger partial charge is 0.324 e. The molecule has 3 atom stereocenters. The van der Waals surface area contributed by atoms with E-state index in [-0.39, 0.29) is 18.4 Å². The molecule has 1 saturated heterocycles. The van der Waals surface area contributed by atoms with Gasteiger partial charge >= 0.3 is 11.9 Å². The molecule has 1 aliphatic heterocycles. The molecular formula is C12H10O4. The van der Waals surface area contributed by atoms with Gasteiger partial charge in [-0.2, -0.15) is 0 Å². The maximum Gasteiger partial charge on any atom is 0.324 e. The number of carbonyl (C=O) groups is 2. The normalized spacial score (nSPS) is 35.4. The lowest BCUT2D eigenvalue weighted by Crippen LogP contribution is -2.26. The van der Waals surface area contributed by atoms with Gasteiger partial charge < -0.3 is 9.84 Å². The Morgan fingerprint density at radius 1 is 1.38 bits per heavy atom. The third-order valence-electron chi connectivity index (χ3n) is 3.61. The highest BCUT2D eigenvalue weighted by molar-refractivity contribution is 6.06. The molecule has 1 aromatic carbocycles. The Balaban J connectivity index is 2.03. The molecule has 2 fully saturated rings. The lowest BCUT2D eigenvalue weighted by atomic mass is 9.99. The summed E-state index contributed by atoms with van der Waals surface area (Å²) in [5, 5.41) is 9.22. The van der Waals surface area contributed by atoms with E-state index >= 15 is 0 Å². The van der Waals surface area contributed by atoms with Crippen LogP contribution < -0.4 is 0 Å². The second-order valence-corrected chi connectivity index (χ2v) is 4.27. The fraction of sp³-hybridized carbons (Fsp3) is 0.333. The third kappa shape index (κ3) is 0.894. The number of hydrogen-bond donors (Lipinski definition) is 1. The standard InChI is InChI=1S/C12H10O4/c13-10(14)12-8(6-16-11(12)15)9(12)7-4-2-1-3-5-7/h1-5,8-9H,6H2,(H,13,14)/t8?,9?,12-/m1/s1. The van der Waals surface area contributed by atoms with Gasteiger partial charge in [0.05, 0.1) is 6.61 Å². The zero-order chi connectivity index (χ0) is 11.3. The Kier molecular flexibility index (Phi) is 1.67. The molecule has 2 aliphatic rings. The van der Waals surface area contributed by atoms with E-state index in [1.54, 1.807) is 0 Å². The van der Waals surface area contributed by atoms with E-state index in [0.717, 1.165) is 5.56 Å². The van der Waals surface area contributed by atoms with Crippen molar-refractivity contribution in [2.24, 2.45) is 11.3 Å². The third-order valence-corrected chi connectivity index (χ3v) is 3.61. The Labute approximate surface area is 91.8 Å². The van der Waals surface area contributed by atoms with Crippen LogP contribution in [0.2, 0.25) is 0 Å². The van der Waals surface area contributed by atoms with E-state index in [1.807, 2.05) is 30.3 Å². The van der Waals surface area contributed by atoms with Gasteiger partial charge in [0.2, 0.25) is 0 Å². The number of aliphatic carboxylic acids is 1. The molecule has 1 aromatic rings. The minimum absolute atomic E-state index is 0.195. The van der Waals surface area contributed by atoms with Crippen LogP contribution in [0.5, 0.6) is 0 Å². The number of ether oxygens (including phenoxy) is 1. The summed E-state index contributed by atoms with van der Waals surface area (Å²) in [4.78, 5) is 22.8. The molecule has 1 aliphatic carbocycles. The topological polar surface area (TPSA) is 63.6 Å². The van der Waals surface area contributed by atoms with E-state index < -0.39 is 17.4 Å². The van der Waals surface area contributed by atoms with Crippen LogP contribution in [0.15, 0.2) is 30.3 Å². The van der Waals surface area contributed by atoms with Crippen molar-refractivity contribution in [3.63, 3.8) is 0 Å². The Morgan fingerprint density at radius 3 is 2.62 bits per heavy atom. The Morgan fingerprint density at radius 2 is 2.06 bits per heavy atom. The van der Waals surface area contributed by atoms with Gasteiger partial charge in [-0.15, -0.1) is 0 Å². The summed E-state index contributed by atoms with van der Waals surface area (Å²) in [6, 6.07) is 9.30. The first-order valence-electron chi connectivity index (χ1n) is 5.14. The fourth-order valence-electron chi connectivity index (χ4n) is 2.79. The van der Waals surface area contributed by atoms with Gasteiger partial charge in [0.1, 0.15) is 0 Å². The van der Waals surface area contributed by atoms with Crippen LogP contribution in [0.25, 0.3) is 0 Å². The molecule has 4 heteroatoms. The van der Waals surface area contributed by atoms with Crippen molar-refractivity contribution in [3.8, 4) is 0 Å². The van der Waals surface area contributed by atoms with E-state index in [9.17, 15) is 14.7 Å². The number of carbonyl (C=O) groups excluding carboxylic acids is 1. The predicted molar refractivity (Wildman–Crippen MR) is 53.7 cm³/mol. The van der Waals surface area contributed by atoms with Crippen molar-refractivity contribution in [1.29, 1.82) is 0 Å². The fourth-order valence-corrected chi connectivity index (χ4v) is 2.79. The highest BCUT2D eigenvalue weighted by atomic mass is 16.5. The van der Waals surface area contributed by atoms with Gasteiger partial charge in [0, 0.05) is 11.8 Å². The van der Waals surface area contributed by atoms with Crippen LogP contribution in [0.4, 0.5) is 0 Å². The summed E-state index contributed by atoms with van der Waals surface area (Å²) < 4.78 is 4.81. The molecule has 4 nitrogen and oxygen atoms in total. The lowest BCUT2D eigenvalue weighted by molar-refractivity contribution is -0.156. The minimum atomic E-state index is -1.30. The molecule has 0 amide bonds. The number of benzene rings is 1. The first kappa shape index (κ1) is 9.39. The molecule has 2 unspecified atom stereocenters. The molecule has 16 heavy (non-hydrogen) atoms. The first-order valence-corrected chi connectivity index (χ1v) is 5.14. The maximum absolute atomic E-state index is 11.6. The van der Waals surface area contributed by atoms with Crippen molar-refractivity contribution in [2.45, 2.75) is 5.92 Å². The molecule has 1 N–H and O–H groups in total. The molecule has 0 spiro atoms. The van der Waals surface area contributed by atoms with Crippen molar-refractivity contribution in [2.75, 3.05) is 6.61 Å². The number of carboxylic acid groups (broad SMARTS) is 1. The molecule has 82 valence electrons. The highest BCUT2D eigenvalue weighted by Crippen LogP contribution is 2.68. The van der Waals surface area contributed by atoms with Crippen LogP contribution in [0.1, 0.15) is 11.5 Å². The average Bonchev–Trinajstić information content (AvgIpc) is 2.86. The van der Waals surface area contributed by atoms with E-state index in [0.29, 0.717) is 0 Å². The summed E-state index contributed by atoms with van der Waals surface area (Å²) in [7, 11) is 0. The quantitative estimate of drug-likeness (QED) is 0.594. The van der Waals surface area contributed by atoms with Crippen LogP contribution in [-0.2, 0) is 14.3 Å². The lowest BCUT2D eigenvalue weighted by Gasteiger charge is -2.08. The summed E-state index contributed by atoms with van der Waals surface area (Å²) in [5.41, 5.74) is -0.395. The Hall–Kier alpha value is -1.84. The van der Waals surface area contributed by atoms with Gasteiger partial charge in [-0.05, 0) is 5.56 Å². The molecule has 1 saturated carbocycles. The summed E-state index contributed by atoms with van der Waals surface area (Å²) in [5.74, 6) is -2.06. The average molecular weight is 218 g/mol. The van der Waals surface area contributed by atoms with Gasteiger partial charge in [-0.1, -0.05) is 30.3 Å². The SMILES string of the molecule is O=C(O)[C@@]12C(=O)OCC1C2c1ccccc1. The van der Waals surface area contributed by atoms with Gasteiger partial charge in [-0.3, -0.25) is 9.59 Å². The minimum Gasteiger partial charge on any atom is -0.480 e. The molecular weight excluding hydrogens is 208 g/mol. The van der Waals surface area contributed by atoms with Crippen LogP contribution >= 0.6 is 0 Å². The van der Waals surface area contributed by atoms with E-state index in [1.165, 1.54) is 0 Å². The van der Waals surface area contributed by atoms with Crippen molar-refractivity contribution >= 4 is 11.9 Å². The maximum atomic E-state index is 11.6. The van der Waals surface area contributed by atoms with Gasteiger partial charge in [0.25, 0.3) is 0 Å². The van der Waals surface area contributed by atoms with Crippen molar-refractivity contribution in [1.82, 2.24) is 0 Å². The Bertz CT molecular complexity index is 467. The molecule has 0 aromatic heterocycles. The molecule has 1 heterocycles. The van der Waals surface area contributed by atoms with Crippen molar-refractivity contribution in [3.05, 3.63) is 35.9 Å². The zero-order valence-electron chi connectivity index (χ0n) is 8.42. The van der Waals surface area contributed by atoms with Crippen LogP contribution in [0.3, 0.4) is 0 Å². The number of carboxylic acids is 1. The number of fused-ring (bicyclic) bond motifs is 1. The summed E-state index contributed by atoms with van der Waals surface area (Å²) in [6.07, 6.45) is 0. The van der Waals surface area contributed by atoms with Gasteiger partial charge in [0.15, 0.2) is 5.41 Å². The zero-order valence-corrected chi connectivity index (χ0v) is 8.42. The number of hydrogen-bond acceptors (Lipinski definition) is 3. The molecule has 0 radical (unpaired) electrons. The summed E-state index contributed by atoms with van der Waals surface area (Å²) in [6.45, 7) is 0.227. The van der Waals surface area contributed by atoms with Gasteiger partial charge in [-0.25, -0.2) is 0 Å². The van der Waals surface area contributed by atoms with E-state index in [4.69, 9.17) is 4.74 Å². The summed E-state index contributed by atoms with van der Waals surface area (Å²) >= 11 is 0.